The quantitative estimate of drug-likeness (QED) is 0.291. The minimum absolute atomic E-state index is 0.0428. The van der Waals surface area contributed by atoms with Gasteiger partial charge in [0.25, 0.3) is 0 Å². The number of hydrogen-bond acceptors (Lipinski definition) is 7. The van der Waals surface area contributed by atoms with Crippen LogP contribution in [0.25, 0.3) is 11.1 Å². The molecule has 0 saturated carbocycles. The van der Waals surface area contributed by atoms with Crippen molar-refractivity contribution in [3.05, 3.63) is 68.4 Å². The molecule has 2 aromatic heterocycles. The summed E-state index contributed by atoms with van der Waals surface area (Å²) in [5.41, 5.74) is 5.45. The number of pyridine rings is 1. The molecule has 1 aromatic carbocycles. The summed E-state index contributed by atoms with van der Waals surface area (Å²) in [6.45, 7) is 13.9. The van der Waals surface area contributed by atoms with Gasteiger partial charge in [-0.05, 0) is 63.6 Å². The number of amides is 2. The number of hydrogen-bond donors (Lipinski definition) is 3. The summed E-state index contributed by atoms with van der Waals surface area (Å²) in [4.78, 5) is 45.8. The topological polar surface area (TPSA) is 131 Å². The van der Waals surface area contributed by atoms with Gasteiger partial charge in [0.2, 0.25) is 5.91 Å². The van der Waals surface area contributed by atoms with Gasteiger partial charge in [0.1, 0.15) is 10.6 Å². The van der Waals surface area contributed by atoms with Crippen LogP contribution in [0, 0.1) is 19.8 Å². The van der Waals surface area contributed by atoms with Crippen LogP contribution in [0.2, 0.25) is 0 Å². The minimum atomic E-state index is -1.10. The summed E-state index contributed by atoms with van der Waals surface area (Å²) in [6.07, 6.45) is 0.232. The van der Waals surface area contributed by atoms with E-state index in [1.165, 1.54) is 16.7 Å². The molecule has 3 N–H and O–H groups in total. The largest absolute Gasteiger partial charge is 0.476 e. The zero-order chi connectivity index (χ0) is 29.6. The van der Waals surface area contributed by atoms with Crippen molar-refractivity contribution in [2.75, 3.05) is 0 Å². The molecular weight excluding hydrogens is 528 g/mol. The lowest BCUT2D eigenvalue weighted by Gasteiger charge is -2.23. The number of rotatable bonds is 10. The van der Waals surface area contributed by atoms with Crippen molar-refractivity contribution < 1.29 is 24.2 Å². The summed E-state index contributed by atoms with van der Waals surface area (Å²) in [7, 11) is 0. The third-order valence-electron chi connectivity index (χ3n) is 5.99. The molecule has 0 fully saturated rings. The van der Waals surface area contributed by atoms with Gasteiger partial charge in [-0.1, -0.05) is 43.7 Å². The van der Waals surface area contributed by atoms with Crippen LogP contribution in [-0.4, -0.2) is 38.6 Å². The standard InChI is InChI=1S/C30H38N4O5S/c1-17(2)12-23-22(14-32-29(38)39-30(5,6)7)27(20-10-8-18(3)9-11-20)21(19(4)33-23)13-25(35)31-15-26-34-24(16-40-26)28(36)37/h8-11,16-17H,12-15H2,1-7H3,(H,31,35)(H,32,38)(H,36,37). The minimum Gasteiger partial charge on any atom is -0.476 e. The van der Waals surface area contributed by atoms with E-state index in [4.69, 9.17) is 14.8 Å². The second-order valence-corrected chi connectivity index (χ2v) is 12.1. The molecule has 0 aliphatic carbocycles. The second-order valence-electron chi connectivity index (χ2n) is 11.2. The number of aromatic nitrogens is 2. The van der Waals surface area contributed by atoms with Gasteiger partial charge in [-0.15, -0.1) is 11.3 Å². The van der Waals surface area contributed by atoms with E-state index in [9.17, 15) is 14.4 Å². The first kappa shape index (κ1) is 30.7. The number of carboxylic acid groups (broad SMARTS) is 1. The molecule has 0 saturated heterocycles. The molecule has 40 heavy (non-hydrogen) atoms. The van der Waals surface area contributed by atoms with Crippen LogP contribution >= 0.6 is 11.3 Å². The molecule has 0 bridgehead atoms. The predicted octanol–water partition coefficient (Wildman–Crippen LogP) is 5.60. The fourth-order valence-electron chi connectivity index (χ4n) is 4.24. The highest BCUT2D eigenvalue weighted by atomic mass is 32.1. The fraction of sp³-hybridized carbons (Fsp3) is 0.433. The summed E-state index contributed by atoms with van der Waals surface area (Å²) in [6, 6.07) is 8.07. The van der Waals surface area contributed by atoms with Crippen molar-refractivity contribution in [1.29, 1.82) is 0 Å². The van der Waals surface area contributed by atoms with Crippen LogP contribution in [0.4, 0.5) is 4.79 Å². The van der Waals surface area contributed by atoms with Gasteiger partial charge in [0.15, 0.2) is 5.69 Å². The number of ether oxygens (including phenoxy) is 1. The van der Waals surface area contributed by atoms with Gasteiger partial charge in [-0.3, -0.25) is 9.78 Å². The number of alkyl carbamates (subject to hydrolysis) is 1. The summed E-state index contributed by atoms with van der Waals surface area (Å²) >= 11 is 1.18. The third-order valence-corrected chi connectivity index (χ3v) is 6.84. The summed E-state index contributed by atoms with van der Waals surface area (Å²) in [5.74, 6) is -1.03. The highest BCUT2D eigenvalue weighted by Crippen LogP contribution is 2.33. The van der Waals surface area contributed by atoms with Gasteiger partial charge in [0.05, 0.1) is 13.0 Å². The van der Waals surface area contributed by atoms with Crippen molar-refractivity contribution in [2.24, 2.45) is 5.92 Å². The predicted molar refractivity (Wildman–Crippen MR) is 155 cm³/mol. The van der Waals surface area contributed by atoms with Crippen molar-refractivity contribution >= 4 is 29.3 Å². The van der Waals surface area contributed by atoms with E-state index in [0.29, 0.717) is 17.3 Å². The smallest absolute Gasteiger partial charge is 0.407 e. The molecule has 10 heteroatoms. The van der Waals surface area contributed by atoms with E-state index >= 15 is 0 Å². The number of aromatic carboxylic acids is 1. The molecule has 9 nitrogen and oxygen atoms in total. The first-order chi connectivity index (χ1) is 18.7. The zero-order valence-corrected chi connectivity index (χ0v) is 25.0. The summed E-state index contributed by atoms with van der Waals surface area (Å²) in [5, 5.41) is 16.8. The molecular formula is C30H38N4O5S. The van der Waals surface area contributed by atoms with E-state index in [2.05, 4.69) is 29.5 Å². The third kappa shape index (κ3) is 8.61. The molecule has 0 spiro atoms. The molecule has 0 radical (unpaired) electrons. The number of carboxylic acids is 1. The van der Waals surface area contributed by atoms with Crippen molar-refractivity contribution in [3.63, 3.8) is 0 Å². The van der Waals surface area contributed by atoms with Crippen molar-refractivity contribution in [3.8, 4) is 11.1 Å². The van der Waals surface area contributed by atoms with Gasteiger partial charge >= 0.3 is 12.1 Å². The van der Waals surface area contributed by atoms with E-state index in [0.717, 1.165) is 39.2 Å². The normalized spacial score (nSPS) is 11.4. The Labute approximate surface area is 239 Å². The van der Waals surface area contributed by atoms with E-state index in [1.54, 1.807) is 0 Å². The second kappa shape index (κ2) is 13.0. The fourth-order valence-corrected chi connectivity index (χ4v) is 4.95. The molecule has 0 aliphatic heterocycles. The van der Waals surface area contributed by atoms with Crippen LogP contribution in [0.3, 0.4) is 0 Å². The maximum atomic E-state index is 13.1. The molecule has 0 unspecified atom stereocenters. The molecule has 2 amide bonds. The SMILES string of the molecule is Cc1ccc(-c2c(CC(=O)NCc3nc(C(=O)O)cs3)c(C)nc(CC(C)C)c2CNC(=O)OC(C)(C)C)cc1. The Balaban J connectivity index is 2.01. The maximum Gasteiger partial charge on any atom is 0.407 e. The number of benzene rings is 1. The van der Waals surface area contributed by atoms with Crippen molar-refractivity contribution in [2.45, 2.75) is 80.0 Å². The molecule has 3 aromatic rings. The van der Waals surface area contributed by atoms with Crippen LogP contribution in [-0.2, 0) is 35.5 Å². The average Bonchev–Trinajstić information content (AvgIpc) is 3.32. The van der Waals surface area contributed by atoms with Crippen LogP contribution < -0.4 is 10.6 Å². The first-order valence-corrected chi connectivity index (χ1v) is 14.1. The highest BCUT2D eigenvalue weighted by molar-refractivity contribution is 7.09. The Morgan fingerprint density at radius 1 is 1.00 bits per heavy atom. The molecule has 214 valence electrons. The Hall–Kier alpha value is -3.79. The number of thiazole rings is 1. The maximum absolute atomic E-state index is 13.1. The Bertz CT molecular complexity index is 1370. The van der Waals surface area contributed by atoms with E-state index in [1.807, 2.05) is 58.9 Å². The van der Waals surface area contributed by atoms with Crippen LogP contribution in [0.15, 0.2) is 29.6 Å². The monoisotopic (exact) mass is 566 g/mol. The zero-order valence-electron chi connectivity index (χ0n) is 24.2. The lowest BCUT2D eigenvalue weighted by molar-refractivity contribution is -0.120. The van der Waals surface area contributed by atoms with E-state index in [-0.39, 0.29) is 31.1 Å². The summed E-state index contributed by atoms with van der Waals surface area (Å²) < 4.78 is 5.47. The highest BCUT2D eigenvalue weighted by Gasteiger charge is 2.23. The Kier molecular flexibility index (Phi) is 10.0. The average molecular weight is 567 g/mol. The Morgan fingerprint density at radius 2 is 1.68 bits per heavy atom. The number of nitrogens with zero attached hydrogens (tertiary/aromatic N) is 2. The molecule has 0 atom stereocenters. The number of nitrogens with one attached hydrogen (secondary N) is 2. The lowest BCUT2D eigenvalue weighted by atomic mass is 9.88. The molecule has 3 rings (SSSR count). The first-order valence-electron chi connectivity index (χ1n) is 13.2. The number of carbonyl (C=O) groups excluding carboxylic acids is 2. The Morgan fingerprint density at radius 3 is 2.25 bits per heavy atom. The van der Waals surface area contributed by atoms with Gasteiger partial charge < -0.3 is 20.5 Å². The lowest BCUT2D eigenvalue weighted by Crippen LogP contribution is -2.33. The molecule has 2 heterocycles. The molecule has 0 aliphatic rings. The van der Waals surface area contributed by atoms with Crippen LogP contribution in [0.1, 0.15) is 78.2 Å². The van der Waals surface area contributed by atoms with Crippen molar-refractivity contribution in [1.82, 2.24) is 20.6 Å². The van der Waals surface area contributed by atoms with Gasteiger partial charge in [-0.25, -0.2) is 14.6 Å². The van der Waals surface area contributed by atoms with Gasteiger partial charge in [-0.2, -0.15) is 0 Å². The van der Waals surface area contributed by atoms with E-state index < -0.39 is 17.7 Å². The van der Waals surface area contributed by atoms with Gasteiger partial charge in [0, 0.05) is 28.9 Å². The number of carbonyl (C=O) groups is 3. The van der Waals surface area contributed by atoms with Crippen LogP contribution in [0.5, 0.6) is 0 Å². The number of aryl methyl sites for hydroxylation is 2.